The van der Waals surface area contributed by atoms with Crippen LogP contribution in [0.2, 0.25) is 5.02 Å². The molecule has 152 valence electrons. The molecule has 4 aromatic rings. The Morgan fingerprint density at radius 2 is 1.47 bits per heavy atom. The number of aromatic nitrogens is 2. The van der Waals surface area contributed by atoms with Gasteiger partial charge in [0, 0.05) is 21.7 Å². The average molecular weight is 423 g/mol. The minimum absolute atomic E-state index is 0.211. The van der Waals surface area contributed by atoms with Gasteiger partial charge in [-0.3, -0.25) is 4.68 Å². The third-order valence-electron chi connectivity index (χ3n) is 4.92. The summed E-state index contributed by atoms with van der Waals surface area (Å²) >= 11 is 6.26. The van der Waals surface area contributed by atoms with E-state index in [-0.39, 0.29) is 12.4 Å². The van der Waals surface area contributed by atoms with Gasteiger partial charge in [-0.25, -0.2) is 4.39 Å². The smallest absolute Gasteiger partial charge is 0.129 e. The second kappa shape index (κ2) is 8.59. The summed E-state index contributed by atoms with van der Waals surface area (Å²) in [6.45, 7) is 0.211. The highest BCUT2D eigenvalue weighted by atomic mass is 35.5. The molecule has 0 saturated carbocycles. The van der Waals surface area contributed by atoms with Crippen LogP contribution < -0.4 is 9.47 Å². The number of rotatable bonds is 6. The molecule has 0 aliphatic carbocycles. The lowest BCUT2D eigenvalue weighted by atomic mass is 10.1. The molecule has 1 aromatic heterocycles. The van der Waals surface area contributed by atoms with Crippen LogP contribution in [-0.2, 0) is 6.54 Å². The normalized spacial score (nSPS) is 10.8. The molecule has 0 bridgehead atoms. The summed E-state index contributed by atoms with van der Waals surface area (Å²) in [6.07, 6.45) is 0. The van der Waals surface area contributed by atoms with E-state index in [0.29, 0.717) is 10.6 Å². The lowest BCUT2D eigenvalue weighted by Crippen LogP contribution is -2.06. The number of methoxy groups -OCH3 is 2. The average Bonchev–Trinajstić information content (AvgIpc) is 3.20. The Labute approximate surface area is 179 Å². The van der Waals surface area contributed by atoms with Gasteiger partial charge in [0.05, 0.1) is 32.2 Å². The van der Waals surface area contributed by atoms with E-state index in [4.69, 9.17) is 26.2 Å². The standard InChI is InChI=1S/C24H20ClFN2O2/c1-29-18-10-6-16(7-11-18)23-14-24(17-8-12-19(30-2)13-9-17)28(27-23)15-20-21(25)4-3-5-22(20)26/h3-14H,15H2,1-2H3. The molecule has 4 nitrogen and oxygen atoms in total. The van der Waals surface area contributed by atoms with Crippen LogP contribution in [-0.4, -0.2) is 24.0 Å². The Balaban J connectivity index is 1.80. The van der Waals surface area contributed by atoms with E-state index in [9.17, 15) is 4.39 Å². The first-order valence-electron chi connectivity index (χ1n) is 9.38. The van der Waals surface area contributed by atoms with Crippen molar-refractivity contribution < 1.29 is 13.9 Å². The van der Waals surface area contributed by atoms with Crippen LogP contribution in [0.5, 0.6) is 11.5 Å². The number of nitrogens with zero attached hydrogens (tertiary/aromatic N) is 2. The fourth-order valence-electron chi connectivity index (χ4n) is 3.27. The maximum absolute atomic E-state index is 14.4. The highest BCUT2D eigenvalue weighted by Gasteiger charge is 2.15. The van der Waals surface area contributed by atoms with E-state index >= 15 is 0 Å². The Morgan fingerprint density at radius 3 is 2.03 bits per heavy atom. The number of benzene rings is 3. The summed E-state index contributed by atoms with van der Waals surface area (Å²) in [5, 5.41) is 5.12. The molecular weight excluding hydrogens is 403 g/mol. The van der Waals surface area contributed by atoms with E-state index in [1.54, 1.807) is 31.0 Å². The Hall–Kier alpha value is -3.31. The molecule has 0 unspecified atom stereocenters. The Bertz CT molecular complexity index is 1130. The van der Waals surface area contributed by atoms with Gasteiger partial charge in [0.1, 0.15) is 17.3 Å². The van der Waals surface area contributed by atoms with Crippen molar-refractivity contribution in [2.75, 3.05) is 14.2 Å². The van der Waals surface area contributed by atoms with Crippen molar-refractivity contribution in [3.63, 3.8) is 0 Å². The van der Waals surface area contributed by atoms with Gasteiger partial charge in [0.15, 0.2) is 0 Å². The van der Waals surface area contributed by atoms with Gasteiger partial charge < -0.3 is 9.47 Å². The fourth-order valence-corrected chi connectivity index (χ4v) is 3.49. The first-order chi connectivity index (χ1) is 14.6. The maximum atomic E-state index is 14.4. The SMILES string of the molecule is COc1ccc(-c2cc(-c3ccc(OC)cc3)n(Cc3c(F)cccc3Cl)n2)cc1. The Kier molecular flexibility index (Phi) is 5.72. The number of hydrogen-bond donors (Lipinski definition) is 0. The largest absolute Gasteiger partial charge is 0.497 e. The summed E-state index contributed by atoms with van der Waals surface area (Å²) in [5.74, 6) is 1.17. The highest BCUT2D eigenvalue weighted by Crippen LogP contribution is 2.30. The molecule has 0 aliphatic rings. The minimum atomic E-state index is -0.357. The van der Waals surface area contributed by atoms with Gasteiger partial charge in [0.25, 0.3) is 0 Å². The highest BCUT2D eigenvalue weighted by molar-refractivity contribution is 6.31. The van der Waals surface area contributed by atoms with Crippen LogP contribution >= 0.6 is 11.6 Å². The number of halogens is 2. The molecule has 3 aromatic carbocycles. The van der Waals surface area contributed by atoms with E-state index in [0.717, 1.165) is 34.0 Å². The lowest BCUT2D eigenvalue weighted by molar-refractivity contribution is 0.414. The topological polar surface area (TPSA) is 36.3 Å². The van der Waals surface area contributed by atoms with Crippen LogP contribution in [0.3, 0.4) is 0 Å². The quantitative estimate of drug-likeness (QED) is 0.378. The molecule has 0 saturated heterocycles. The zero-order chi connectivity index (χ0) is 21.1. The fraction of sp³-hybridized carbons (Fsp3) is 0.125. The van der Waals surface area contributed by atoms with Crippen molar-refractivity contribution in [3.8, 4) is 34.0 Å². The van der Waals surface area contributed by atoms with Gasteiger partial charge in [-0.2, -0.15) is 5.10 Å². The van der Waals surface area contributed by atoms with Crippen molar-refractivity contribution in [1.29, 1.82) is 0 Å². The van der Waals surface area contributed by atoms with E-state index in [2.05, 4.69) is 0 Å². The van der Waals surface area contributed by atoms with Crippen LogP contribution in [0.1, 0.15) is 5.56 Å². The van der Waals surface area contributed by atoms with Crippen LogP contribution in [0.25, 0.3) is 22.5 Å². The molecule has 0 atom stereocenters. The summed E-state index contributed by atoms with van der Waals surface area (Å²) in [7, 11) is 3.25. The molecule has 0 radical (unpaired) electrons. The zero-order valence-corrected chi connectivity index (χ0v) is 17.4. The second-order valence-electron chi connectivity index (χ2n) is 6.73. The zero-order valence-electron chi connectivity index (χ0n) is 16.6. The molecular formula is C24H20ClFN2O2. The number of ether oxygens (including phenoxy) is 2. The summed E-state index contributed by atoms with van der Waals surface area (Å²) in [4.78, 5) is 0. The van der Waals surface area contributed by atoms with E-state index in [1.807, 2.05) is 54.6 Å². The molecule has 0 amide bonds. The second-order valence-corrected chi connectivity index (χ2v) is 7.14. The van der Waals surface area contributed by atoms with Crippen molar-refractivity contribution >= 4 is 11.6 Å². The van der Waals surface area contributed by atoms with Crippen molar-refractivity contribution in [3.05, 3.63) is 89.2 Å². The monoisotopic (exact) mass is 422 g/mol. The predicted molar refractivity (Wildman–Crippen MR) is 117 cm³/mol. The van der Waals surface area contributed by atoms with Crippen molar-refractivity contribution in [2.45, 2.75) is 6.54 Å². The molecule has 4 rings (SSSR count). The first-order valence-corrected chi connectivity index (χ1v) is 9.76. The molecule has 30 heavy (non-hydrogen) atoms. The van der Waals surface area contributed by atoms with Crippen LogP contribution in [0.4, 0.5) is 4.39 Å². The van der Waals surface area contributed by atoms with Crippen molar-refractivity contribution in [2.24, 2.45) is 0 Å². The van der Waals surface area contributed by atoms with Gasteiger partial charge >= 0.3 is 0 Å². The molecule has 6 heteroatoms. The van der Waals surface area contributed by atoms with Crippen LogP contribution in [0.15, 0.2) is 72.8 Å². The first kappa shape index (κ1) is 20.0. The van der Waals surface area contributed by atoms with Gasteiger partial charge in [0.2, 0.25) is 0 Å². The molecule has 1 heterocycles. The van der Waals surface area contributed by atoms with Crippen LogP contribution in [0, 0.1) is 5.82 Å². The predicted octanol–water partition coefficient (Wildman–Crippen LogP) is 6.08. The molecule has 0 aliphatic heterocycles. The van der Waals surface area contributed by atoms with Gasteiger partial charge in [-0.05, 0) is 66.7 Å². The van der Waals surface area contributed by atoms with Gasteiger partial charge in [-0.15, -0.1) is 0 Å². The summed E-state index contributed by atoms with van der Waals surface area (Å²) in [6, 6.07) is 22.0. The minimum Gasteiger partial charge on any atom is -0.497 e. The lowest BCUT2D eigenvalue weighted by Gasteiger charge is -2.10. The Morgan fingerprint density at radius 1 is 0.867 bits per heavy atom. The third-order valence-corrected chi connectivity index (χ3v) is 5.28. The maximum Gasteiger partial charge on any atom is 0.129 e. The number of hydrogen-bond acceptors (Lipinski definition) is 3. The molecule has 0 spiro atoms. The summed E-state index contributed by atoms with van der Waals surface area (Å²) in [5.41, 5.74) is 3.90. The van der Waals surface area contributed by atoms with Crippen molar-refractivity contribution in [1.82, 2.24) is 9.78 Å². The summed E-state index contributed by atoms with van der Waals surface area (Å²) < 4.78 is 26.7. The van der Waals surface area contributed by atoms with E-state index < -0.39 is 0 Å². The van der Waals surface area contributed by atoms with E-state index in [1.165, 1.54) is 6.07 Å². The molecule has 0 fully saturated rings. The molecule has 0 N–H and O–H groups in total. The van der Waals surface area contributed by atoms with Gasteiger partial charge in [-0.1, -0.05) is 17.7 Å². The third kappa shape index (κ3) is 4.02.